The molecule has 0 spiro atoms. The number of imidazole rings is 1. The molecule has 3 rings (SSSR count). The van der Waals surface area contributed by atoms with Crippen LogP contribution in [0.2, 0.25) is 0 Å². The van der Waals surface area contributed by atoms with Gasteiger partial charge >= 0.3 is 74.8 Å². The van der Waals surface area contributed by atoms with Gasteiger partial charge in [0.15, 0.2) is 17.4 Å². The smallest absolute Gasteiger partial charge is 0.789 e. The van der Waals surface area contributed by atoms with Crippen molar-refractivity contribution in [2.24, 2.45) is 0 Å². The number of ether oxygens (including phenoxy) is 1. The van der Waals surface area contributed by atoms with Crippen molar-refractivity contribution in [1.29, 1.82) is 0 Å². The van der Waals surface area contributed by atoms with Crippen molar-refractivity contribution in [3.8, 4) is 0 Å². The number of H-pyrrole nitrogens is 1. The van der Waals surface area contributed by atoms with E-state index in [0.717, 1.165) is 10.9 Å². The largest absolute Gasteiger partial charge is 1.00 e. The number of aliphatic hydroxyl groups is 2. The number of anilines is 1. The number of nitrogens with two attached hydrogens (primary N) is 1. The van der Waals surface area contributed by atoms with E-state index in [1.54, 1.807) is 0 Å². The third-order valence-electron chi connectivity index (χ3n) is 3.87. The van der Waals surface area contributed by atoms with Gasteiger partial charge in [-0.3, -0.25) is 23.2 Å². The first-order valence-electron chi connectivity index (χ1n) is 8.07. The van der Waals surface area contributed by atoms with Crippen molar-refractivity contribution in [3.05, 3.63) is 16.7 Å². The fraction of sp³-hybridized carbons (Fsp3) is 0.500. The fourth-order valence-corrected chi connectivity index (χ4v) is 5.65. The number of phosphoric acid groups is 3. The third kappa shape index (κ3) is 9.54. The Morgan fingerprint density at radius 3 is 2.31 bits per heavy atom. The summed E-state index contributed by atoms with van der Waals surface area (Å²) in [6.45, 7) is -1.04. The van der Waals surface area contributed by atoms with Crippen molar-refractivity contribution in [2.45, 2.75) is 24.5 Å². The van der Waals surface area contributed by atoms with Crippen LogP contribution in [-0.2, 0) is 31.6 Å². The zero-order valence-electron chi connectivity index (χ0n) is 18.2. The minimum atomic E-state index is -6.07. The molecule has 6 atom stereocenters. The molecule has 0 amide bonds. The Labute approximate surface area is 261 Å². The van der Waals surface area contributed by atoms with E-state index in [1.165, 1.54) is 0 Å². The van der Waals surface area contributed by atoms with Crippen molar-refractivity contribution < 1.29 is 120 Å². The number of rotatable bonds is 8. The van der Waals surface area contributed by atoms with Gasteiger partial charge in [-0.2, -0.15) is 9.29 Å². The van der Waals surface area contributed by atoms with Crippen LogP contribution in [0.1, 0.15) is 6.23 Å². The third-order valence-corrected chi connectivity index (χ3v) is 7.63. The average molecular weight is 590 g/mol. The molecule has 1 radical (unpaired) electrons. The molecule has 0 aliphatic carbocycles. The van der Waals surface area contributed by atoms with E-state index < -0.39 is 60.2 Å². The summed E-state index contributed by atoms with van der Waals surface area (Å²) in [5.41, 5.74) is 4.46. The van der Waals surface area contributed by atoms with E-state index in [-0.39, 0.29) is 106 Å². The summed E-state index contributed by atoms with van der Waals surface area (Å²) in [6, 6.07) is 0. The Morgan fingerprint density at radius 1 is 1.14 bits per heavy atom. The molecule has 181 valence electrons. The van der Waals surface area contributed by atoms with Gasteiger partial charge in [0.2, 0.25) is 5.95 Å². The topological polar surface area (TPSA) is 305 Å². The summed E-state index contributed by atoms with van der Waals surface area (Å²) in [5.74, 6) is -0.285. The summed E-state index contributed by atoms with van der Waals surface area (Å²) in [4.78, 5) is 60.9. The van der Waals surface area contributed by atoms with Gasteiger partial charge in [-0.1, -0.05) is 0 Å². The van der Waals surface area contributed by atoms with Crippen LogP contribution in [0, 0.1) is 0 Å². The standard InChI is InChI=1S/C10H16N5O14P3.3Na/c11-10-13-7-4(8(18)14-10)12-2-15(7)9-6(17)5(16)3(27-9)1-26-31(22,23)29-32(24,25)28-30(19,20)21;;;/h2-3,5-6,9,16-17H,1H2,(H,22,23)(H,24,25)(H2,19,20,21)(H3,11,13,14,18);;;/q;;2*+1/p-2/t3?,5-,6?,9?;;;/m0.../s1. The van der Waals surface area contributed by atoms with E-state index >= 15 is 0 Å². The summed E-state index contributed by atoms with van der Waals surface area (Å²) < 4.78 is 50.9. The Hall–Kier alpha value is 1.44. The molecule has 2 aromatic heterocycles. The van der Waals surface area contributed by atoms with Crippen molar-refractivity contribution in [1.82, 2.24) is 19.5 Å². The van der Waals surface area contributed by atoms with Crippen molar-refractivity contribution in [3.63, 3.8) is 0 Å². The summed E-state index contributed by atoms with van der Waals surface area (Å²) >= 11 is 0. The van der Waals surface area contributed by atoms with Crippen molar-refractivity contribution in [2.75, 3.05) is 12.3 Å². The molecular formula is C10H14N5Na3O14P3. The minimum Gasteiger partial charge on any atom is -0.789 e. The van der Waals surface area contributed by atoms with Crippen LogP contribution in [0.4, 0.5) is 5.95 Å². The maximum absolute atomic E-state index is 11.8. The molecule has 35 heavy (non-hydrogen) atoms. The molecule has 0 bridgehead atoms. The van der Waals surface area contributed by atoms with Gasteiger partial charge in [-0.25, -0.2) is 14.1 Å². The van der Waals surface area contributed by atoms with Gasteiger partial charge in [-0.15, -0.1) is 0 Å². The molecule has 7 N–H and O–H groups in total. The Morgan fingerprint density at radius 2 is 1.74 bits per heavy atom. The number of aromatic amines is 1. The van der Waals surface area contributed by atoms with Crippen LogP contribution in [0.5, 0.6) is 0 Å². The monoisotopic (exact) mass is 590 g/mol. The van der Waals surface area contributed by atoms with Crippen LogP contribution >= 0.6 is 23.5 Å². The first kappa shape index (κ1) is 36.4. The van der Waals surface area contributed by atoms with Crippen LogP contribution in [0.3, 0.4) is 0 Å². The molecule has 2 aromatic rings. The number of hydrogen-bond acceptors (Lipinski definition) is 15. The van der Waals surface area contributed by atoms with Gasteiger partial charge in [0.05, 0.1) is 20.8 Å². The van der Waals surface area contributed by atoms with Gasteiger partial charge in [0.25, 0.3) is 5.56 Å². The molecule has 1 fully saturated rings. The zero-order valence-corrected chi connectivity index (χ0v) is 26.9. The van der Waals surface area contributed by atoms with Crippen LogP contribution in [0.15, 0.2) is 11.1 Å². The molecule has 1 saturated heterocycles. The predicted octanol–water partition coefficient (Wildman–Crippen LogP) is -9.97. The van der Waals surface area contributed by atoms with E-state index in [0.29, 0.717) is 0 Å². The maximum Gasteiger partial charge on any atom is 1.00 e. The van der Waals surface area contributed by atoms with Gasteiger partial charge in [0.1, 0.15) is 18.3 Å². The second-order valence-corrected chi connectivity index (χ2v) is 10.5. The van der Waals surface area contributed by atoms with Gasteiger partial charge < -0.3 is 44.8 Å². The second-order valence-electron chi connectivity index (χ2n) is 6.16. The number of aliphatic hydroxyl groups excluding tert-OH is 2. The zero-order chi connectivity index (χ0) is 24.1. The SMILES string of the molecule is Nc1nc2c(ncn2C2OC(COP(=O)(O)OP(=O)(O)OP(=O)([O-])[O-])[C@H](O)C2O)c(=O)[nH]1.[Na+].[Na+].[Na]. The Bertz CT molecular complexity index is 1220. The number of phosphoric ester groups is 1. The van der Waals surface area contributed by atoms with Gasteiger partial charge in [-0.05, 0) is 0 Å². The van der Waals surface area contributed by atoms with E-state index in [1.807, 2.05) is 0 Å². The molecule has 25 heteroatoms. The number of nitrogens with zero attached hydrogens (tertiary/aromatic N) is 3. The second kappa shape index (κ2) is 13.7. The molecular weight excluding hydrogens is 576 g/mol. The number of fused-ring (bicyclic) bond motifs is 1. The van der Waals surface area contributed by atoms with Crippen molar-refractivity contribution >= 4 is 70.1 Å². The molecule has 0 aromatic carbocycles. The van der Waals surface area contributed by atoms with Crippen LogP contribution in [0.25, 0.3) is 11.2 Å². The first-order chi connectivity index (χ1) is 14.6. The summed E-state index contributed by atoms with van der Waals surface area (Å²) in [5, 5.41) is 20.4. The van der Waals surface area contributed by atoms with Crippen LogP contribution in [-0.4, -0.2) is 94.0 Å². The van der Waals surface area contributed by atoms with E-state index in [4.69, 9.17) is 15.4 Å². The predicted molar refractivity (Wildman–Crippen MR) is 99.6 cm³/mol. The molecule has 5 unspecified atom stereocenters. The average Bonchev–Trinajstić information content (AvgIpc) is 3.12. The molecule has 3 heterocycles. The molecule has 0 saturated carbocycles. The number of hydrogen-bond donors (Lipinski definition) is 6. The number of nitrogen functional groups attached to an aromatic ring is 1. The summed E-state index contributed by atoms with van der Waals surface area (Å²) in [6.07, 6.45) is -5.42. The fourth-order valence-electron chi connectivity index (χ4n) is 2.69. The minimum absolute atomic E-state index is 0. The first-order valence-corrected chi connectivity index (χ1v) is 12.5. The van der Waals surface area contributed by atoms with Gasteiger partial charge in [0, 0.05) is 29.6 Å². The molecule has 1 aliphatic heterocycles. The van der Waals surface area contributed by atoms with E-state index in [9.17, 15) is 43.4 Å². The van der Waals surface area contributed by atoms with E-state index in [2.05, 4.69) is 28.1 Å². The maximum atomic E-state index is 11.8. The molecule has 19 nitrogen and oxygen atoms in total. The number of aromatic nitrogens is 4. The van der Waals surface area contributed by atoms with Crippen LogP contribution < -0.4 is 80.2 Å². The Kier molecular flexibility index (Phi) is 14.2. The quantitative estimate of drug-likeness (QED) is 0.123. The molecule has 1 aliphatic rings. The normalized spacial score (nSPS) is 25.5. The number of nitrogens with one attached hydrogen (secondary N) is 1. The Balaban J connectivity index is 0.00000385. The summed E-state index contributed by atoms with van der Waals surface area (Å²) in [7, 11) is -17.5.